The number of benzene rings is 1. The van der Waals surface area contributed by atoms with E-state index in [0.29, 0.717) is 10.2 Å². The predicted octanol–water partition coefficient (Wildman–Crippen LogP) is 3.30. The summed E-state index contributed by atoms with van der Waals surface area (Å²) < 4.78 is 26.9. The third kappa shape index (κ3) is 3.23. The fourth-order valence-electron chi connectivity index (χ4n) is 1.53. The van der Waals surface area contributed by atoms with Crippen LogP contribution in [0.25, 0.3) is 0 Å². The van der Waals surface area contributed by atoms with Crippen molar-refractivity contribution in [2.24, 2.45) is 0 Å². The molecule has 5 nitrogen and oxygen atoms in total. The molecule has 8 heteroatoms. The zero-order chi connectivity index (χ0) is 14.9. The smallest absolute Gasteiger partial charge is 0.265 e. The molecule has 1 heterocycles. The van der Waals surface area contributed by atoms with Crippen molar-refractivity contribution in [2.75, 3.05) is 10.5 Å². The van der Waals surface area contributed by atoms with Crippen molar-refractivity contribution in [3.63, 3.8) is 0 Å². The molecular weight excluding hydrogens is 318 g/mol. The molecule has 0 saturated heterocycles. The zero-order valence-electron chi connectivity index (χ0n) is 10.9. The quantitative estimate of drug-likeness (QED) is 0.842. The molecule has 0 fully saturated rings. The highest BCUT2D eigenvalue weighted by Gasteiger charge is 2.19. The Morgan fingerprint density at radius 1 is 1.40 bits per heavy atom. The summed E-state index contributed by atoms with van der Waals surface area (Å²) in [7, 11) is -3.76. The molecule has 0 saturated carbocycles. The number of nitrogen functional groups attached to an aromatic ring is 1. The van der Waals surface area contributed by atoms with Crippen molar-refractivity contribution < 1.29 is 8.42 Å². The van der Waals surface area contributed by atoms with Crippen LogP contribution in [0.4, 0.5) is 10.8 Å². The second kappa shape index (κ2) is 5.59. The van der Waals surface area contributed by atoms with Gasteiger partial charge in [-0.15, -0.1) is 11.3 Å². The van der Waals surface area contributed by atoms with Gasteiger partial charge in [0.05, 0.1) is 11.4 Å². The van der Waals surface area contributed by atoms with Crippen molar-refractivity contribution in [1.29, 1.82) is 0 Å². The van der Waals surface area contributed by atoms with Gasteiger partial charge >= 0.3 is 0 Å². The Kier molecular flexibility index (Phi) is 4.22. The minimum absolute atomic E-state index is 0.0109. The predicted molar refractivity (Wildman–Crippen MR) is 82.9 cm³/mol. The number of hydrogen-bond donors (Lipinski definition) is 2. The molecule has 0 unspecified atom stereocenters. The summed E-state index contributed by atoms with van der Waals surface area (Å²) in [5.74, 6) is 0.241. The highest BCUT2D eigenvalue weighted by molar-refractivity contribution is 7.93. The number of anilines is 2. The first-order valence-corrected chi connectivity index (χ1v) is 8.57. The van der Waals surface area contributed by atoms with Crippen LogP contribution in [0.2, 0.25) is 5.02 Å². The van der Waals surface area contributed by atoms with E-state index in [1.165, 1.54) is 29.5 Å². The van der Waals surface area contributed by atoms with Crippen LogP contribution in [0.3, 0.4) is 0 Å². The molecular formula is C12H14ClN3O2S2. The van der Waals surface area contributed by atoms with Gasteiger partial charge in [0.2, 0.25) is 0 Å². The summed E-state index contributed by atoms with van der Waals surface area (Å²) in [5.41, 5.74) is 6.64. The maximum atomic E-state index is 12.2. The summed E-state index contributed by atoms with van der Waals surface area (Å²) >= 11 is 7.00. The van der Waals surface area contributed by atoms with Crippen LogP contribution in [0.5, 0.6) is 0 Å². The molecule has 1 aromatic carbocycles. The normalized spacial score (nSPS) is 11.8. The molecule has 0 atom stereocenters. The van der Waals surface area contributed by atoms with Crippen molar-refractivity contribution in [2.45, 2.75) is 24.7 Å². The maximum absolute atomic E-state index is 12.2. The highest BCUT2D eigenvalue weighted by Crippen LogP contribution is 2.27. The lowest BCUT2D eigenvalue weighted by Crippen LogP contribution is -2.14. The van der Waals surface area contributed by atoms with E-state index >= 15 is 0 Å². The average molecular weight is 332 g/mol. The van der Waals surface area contributed by atoms with Crippen LogP contribution >= 0.6 is 22.9 Å². The number of nitrogens with one attached hydrogen (secondary N) is 1. The van der Waals surface area contributed by atoms with E-state index in [9.17, 15) is 8.42 Å². The van der Waals surface area contributed by atoms with Gasteiger partial charge in [-0.2, -0.15) is 0 Å². The molecule has 20 heavy (non-hydrogen) atoms. The molecule has 2 rings (SSSR count). The number of halogens is 1. The minimum Gasteiger partial charge on any atom is -0.398 e. The van der Waals surface area contributed by atoms with Crippen LogP contribution in [0.15, 0.2) is 28.5 Å². The van der Waals surface area contributed by atoms with Gasteiger partial charge in [-0.3, -0.25) is 4.72 Å². The van der Waals surface area contributed by atoms with E-state index in [1.807, 2.05) is 19.2 Å². The number of hydrogen-bond acceptors (Lipinski definition) is 5. The van der Waals surface area contributed by atoms with Crippen LogP contribution in [0.1, 0.15) is 25.5 Å². The summed E-state index contributed by atoms with van der Waals surface area (Å²) in [5, 5.41) is 2.54. The van der Waals surface area contributed by atoms with Crippen molar-refractivity contribution in [3.8, 4) is 0 Å². The molecule has 108 valence electrons. The molecule has 1 aromatic heterocycles. The second-order valence-electron chi connectivity index (χ2n) is 4.52. The Morgan fingerprint density at radius 3 is 2.65 bits per heavy atom. The van der Waals surface area contributed by atoms with Crippen molar-refractivity contribution in [1.82, 2.24) is 4.98 Å². The van der Waals surface area contributed by atoms with Crippen LogP contribution < -0.4 is 10.5 Å². The van der Waals surface area contributed by atoms with Gasteiger partial charge in [0, 0.05) is 10.4 Å². The molecule has 0 amide bonds. The van der Waals surface area contributed by atoms with E-state index in [1.54, 1.807) is 0 Å². The Labute approximate surface area is 126 Å². The first-order chi connectivity index (χ1) is 9.29. The Hall–Kier alpha value is -1.31. The Bertz CT molecular complexity index is 726. The van der Waals surface area contributed by atoms with Crippen molar-refractivity contribution >= 4 is 43.8 Å². The molecule has 0 bridgehead atoms. The van der Waals surface area contributed by atoms with E-state index in [-0.39, 0.29) is 16.5 Å². The first kappa shape index (κ1) is 15.1. The monoisotopic (exact) mass is 331 g/mol. The topological polar surface area (TPSA) is 85.1 Å². The zero-order valence-corrected chi connectivity index (χ0v) is 13.3. The van der Waals surface area contributed by atoms with Crippen molar-refractivity contribution in [3.05, 3.63) is 34.3 Å². The standard InChI is InChI=1S/C12H14ClN3O2S2/c1-7(2)10-6-19-12(15-10)16-20(17,18)11-4-3-8(13)5-9(11)14/h3-7H,14H2,1-2H3,(H,15,16). The maximum Gasteiger partial charge on any atom is 0.265 e. The second-order valence-corrected chi connectivity index (χ2v) is 7.47. The summed E-state index contributed by atoms with van der Waals surface area (Å²) in [6, 6.07) is 4.25. The number of nitrogens with two attached hydrogens (primary N) is 1. The molecule has 2 aromatic rings. The fourth-order valence-corrected chi connectivity index (χ4v) is 3.95. The highest BCUT2D eigenvalue weighted by atomic mass is 35.5. The Balaban J connectivity index is 2.30. The number of nitrogens with zero attached hydrogens (tertiary/aromatic N) is 1. The van der Waals surface area contributed by atoms with E-state index in [0.717, 1.165) is 5.69 Å². The number of thiazole rings is 1. The van der Waals surface area contributed by atoms with Gasteiger partial charge < -0.3 is 5.73 Å². The first-order valence-electron chi connectivity index (χ1n) is 5.83. The minimum atomic E-state index is -3.76. The third-order valence-corrected chi connectivity index (χ3v) is 5.15. The molecule has 3 N–H and O–H groups in total. The average Bonchev–Trinajstić information content (AvgIpc) is 2.76. The molecule has 0 spiro atoms. The SMILES string of the molecule is CC(C)c1csc(NS(=O)(=O)c2ccc(Cl)cc2N)n1. The number of rotatable bonds is 4. The van der Waals surface area contributed by atoms with Crippen LogP contribution in [-0.4, -0.2) is 13.4 Å². The lowest BCUT2D eigenvalue weighted by molar-refractivity contribution is 0.601. The van der Waals surface area contributed by atoms with Gasteiger partial charge in [-0.1, -0.05) is 25.4 Å². The lowest BCUT2D eigenvalue weighted by Gasteiger charge is -2.08. The van der Waals surface area contributed by atoms with Crippen LogP contribution in [-0.2, 0) is 10.0 Å². The molecule has 0 radical (unpaired) electrons. The molecule has 0 aliphatic heterocycles. The van der Waals surface area contributed by atoms with Gasteiger partial charge in [0.15, 0.2) is 5.13 Å². The Morgan fingerprint density at radius 2 is 2.10 bits per heavy atom. The largest absolute Gasteiger partial charge is 0.398 e. The van der Waals surface area contributed by atoms with Gasteiger partial charge in [-0.25, -0.2) is 13.4 Å². The summed E-state index contributed by atoms with van der Waals surface area (Å²) in [4.78, 5) is 4.22. The van der Waals surface area contributed by atoms with E-state index < -0.39 is 10.0 Å². The third-order valence-electron chi connectivity index (χ3n) is 2.60. The van der Waals surface area contributed by atoms with E-state index in [4.69, 9.17) is 17.3 Å². The molecule has 0 aliphatic rings. The van der Waals surface area contributed by atoms with Gasteiger partial charge in [0.25, 0.3) is 10.0 Å². The fraction of sp³-hybridized carbons (Fsp3) is 0.250. The van der Waals surface area contributed by atoms with Gasteiger partial charge in [-0.05, 0) is 24.1 Å². The van der Waals surface area contributed by atoms with E-state index in [2.05, 4.69) is 9.71 Å². The number of aromatic nitrogens is 1. The number of sulfonamides is 1. The molecule has 0 aliphatic carbocycles. The lowest BCUT2D eigenvalue weighted by atomic mass is 10.2. The van der Waals surface area contributed by atoms with Gasteiger partial charge in [0.1, 0.15) is 4.90 Å². The van der Waals surface area contributed by atoms with Crippen LogP contribution in [0, 0.1) is 0 Å². The summed E-state index contributed by atoms with van der Waals surface area (Å²) in [6.45, 7) is 3.98. The summed E-state index contributed by atoms with van der Waals surface area (Å²) in [6.07, 6.45) is 0.